The highest BCUT2D eigenvalue weighted by molar-refractivity contribution is 6.16. The van der Waals surface area contributed by atoms with Gasteiger partial charge in [-0.1, -0.05) is 0 Å². The minimum Gasteiger partial charge on any atom is -0.379 e. The maximum atomic E-state index is 5.68. The number of hydrogen-bond donors (Lipinski definition) is 0. The molecule has 0 amide bonds. The number of ether oxygens (including phenoxy) is 2. The van der Waals surface area contributed by atoms with Crippen LogP contribution < -0.4 is 0 Å². The number of aromatic nitrogens is 1. The molecular formula is C11H16ClNO2. The van der Waals surface area contributed by atoms with Crippen molar-refractivity contribution in [1.29, 1.82) is 0 Å². The van der Waals surface area contributed by atoms with E-state index in [-0.39, 0.29) is 0 Å². The van der Waals surface area contributed by atoms with Crippen LogP contribution in [0.25, 0.3) is 0 Å². The van der Waals surface area contributed by atoms with E-state index in [1.165, 1.54) is 0 Å². The van der Waals surface area contributed by atoms with Gasteiger partial charge in [-0.3, -0.25) is 4.98 Å². The van der Waals surface area contributed by atoms with E-state index in [4.69, 9.17) is 21.1 Å². The van der Waals surface area contributed by atoms with E-state index in [9.17, 15) is 0 Å². The van der Waals surface area contributed by atoms with Crippen molar-refractivity contribution >= 4 is 11.6 Å². The second-order valence-corrected chi connectivity index (χ2v) is 3.31. The van der Waals surface area contributed by atoms with E-state index in [1.54, 1.807) is 6.20 Å². The molecule has 0 saturated heterocycles. The summed E-state index contributed by atoms with van der Waals surface area (Å²) in [6.45, 7) is 4.54. The maximum Gasteiger partial charge on any atom is 0.0719 e. The van der Waals surface area contributed by atoms with Gasteiger partial charge in [-0.2, -0.15) is 0 Å². The van der Waals surface area contributed by atoms with Crippen molar-refractivity contribution < 1.29 is 9.47 Å². The monoisotopic (exact) mass is 229 g/mol. The molecule has 0 aliphatic rings. The van der Waals surface area contributed by atoms with Crippen molar-refractivity contribution in [3.63, 3.8) is 0 Å². The molecule has 84 valence electrons. The highest BCUT2D eigenvalue weighted by Crippen LogP contribution is 2.05. The third-order valence-electron chi connectivity index (χ3n) is 1.86. The average molecular weight is 230 g/mol. The second-order valence-electron chi connectivity index (χ2n) is 3.04. The molecule has 0 aliphatic carbocycles. The first kappa shape index (κ1) is 12.4. The minimum absolute atomic E-state index is 0.437. The lowest BCUT2D eigenvalue weighted by atomic mass is 10.2. The smallest absolute Gasteiger partial charge is 0.0719 e. The van der Waals surface area contributed by atoms with E-state index in [0.29, 0.717) is 25.7 Å². The van der Waals surface area contributed by atoms with Crippen LogP contribution in [-0.2, 0) is 22.0 Å². The van der Waals surface area contributed by atoms with Gasteiger partial charge < -0.3 is 9.47 Å². The highest BCUT2D eigenvalue weighted by atomic mass is 35.5. The Bertz CT molecular complexity index is 281. The Morgan fingerprint density at radius 3 is 2.87 bits per heavy atom. The first-order valence-electron chi connectivity index (χ1n) is 5.02. The quantitative estimate of drug-likeness (QED) is 0.532. The van der Waals surface area contributed by atoms with E-state index in [1.807, 2.05) is 19.1 Å². The molecule has 1 aromatic heterocycles. The van der Waals surface area contributed by atoms with Crippen LogP contribution in [0.1, 0.15) is 18.2 Å². The Kier molecular flexibility index (Phi) is 6.32. The molecule has 0 atom stereocenters. The van der Waals surface area contributed by atoms with Gasteiger partial charge >= 0.3 is 0 Å². The molecule has 15 heavy (non-hydrogen) atoms. The molecule has 0 fully saturated rings. The molecule has 4 heteroatoms. The van der Waals surface area contributed by atoms with Crippen LogP contribution in [-0.4, -0.2) is 24.8 Å². The summed E-state index contributed by atoms with van der Waals surface area (Å²) in [5, 5.41) is 0. The average Bonchev–Trinajstić information content (AvgIpc) is 2.29. The lowest BCUT2D eigenvalue weighted by Crippen LogP contribution is -2.04. The molecular weight excluding hydrogens is 214 g/mol. The predicted octanol–water partition coefficient (Wildman–Crippen LogP) is 2.37. The van der Waals surface area contributed by atoms with Crippen LogP contribution in [0.2, 0.25) is 0 Å². The van der Waals surface area contributed by atoms with Crippen LogP contribution >= 0.6 is 11.6 Å². The number of rotatable bonds is 7. The molecule has 0 radical (unpaired) electrons. The van der Waals surface area contributed by atoms with Gasteiger partial charge in [-0.25, -0.2) is 0 Å². The Morgan fingerprint density at radius 2 is 2.13 bits per heavy atom. The van der Waals surface area contributed by atoms with Gasteiger partial charge in [0, 0.05) is 12.8 Å². The zero-order valence-electron chi connectivity index (χ0n) is 8.91. The fourth-order valence-corrected chi connectivity index (χ4v) is 1.29. The van der Waals surface area contributed by atoms with E-state index < -0.39 is 0 Å². The fraction of sp³-hybridized carbons (Fsp3) is 0.545. The van der Waals surface area contributed by atoms with Crippen LogP contribution in [0.15, 0.2) is 18.3 Å². The Labute approximate surface area is 95.4 Å². The SMILES string of the molecule is CCOCCOCc1ccnc(CCl)c1. The van der Waals surface area contributed by atoms with Gasteiger partial charge in [0.2, 0.25) is 0 Å². The van der Waals surface area contributed by atoms with Gasteiger partial charge in [-0.15, -0.1) is 11.6 Å². The Balaban J connectivity index is 2.24. The molecule has 0 unspecified atom stereocenters. The predicted molar refractivity (Wildman–Crippen MR) is 59.9 cm³/mol. The van der Waals surface area contributed by atoms with Crippen molar-refractivity contribution in [2.45, 2.75) is 19.4 Å². The Morgan fingerprint density at radius 1 is 1.33 bits per heavy atom. The molecule has 0 spiro atoms. The summed E-state index contributed by atoms with van der Waals surface area (Å²) in [6.07, 6.45) is 1.75. The first-order valence-corrected chi connectivity index (χ1v) is 5.55. The lowest BCUT2D eigenvalue weighted by Gasteiger charge is -2.05. The van der Waals surface area contributed by atoms with Crippen molar-refractivity contribution in [3.8, 4) is 0 Å². The molecule has 3 nitrogen and oxygen atoms in total. The molecule has 1 heterocycles. The normalized spacial score (nSPS) is 10.5. The van der Waals surface area contributed by atoms with Crippen molar-refractivity contribution in [3.05, 3.63) is 29.6 Å². The highest BCUT2D eigenvalue weighted by Gasteiger charge is 1.96. The number of nitrogens with zero attached hydrogens (tertiary/aromatic N) is 1. The van der Waals surface area contributed by atoms with E-state index in [0.717, 1.165) is 17.9 Å². The molecule has 0 bridgehead atoms. The Hall–Kier alpha value is -0.640. The van der Waals surface area contributed by atoms with Gasteiger partial charge in [0.15, 0.2) is 0 Å². The maximum absolute atomic E-state index is 5.68. The standard InChI is InChI=1S/C11H16ClNO2/c1-2-14-5-6-15-9-10-3-4-13-11(7-10)8-12/h3-4,7H,2,5-6,8-9H2,1H3. The molecule has 1 aromatic rings. The molecule has 0 aromatic carbocycles. The largest absolute Gasteiger partial charge is 0.379 e. The summed E-state index contributed by atoms with van der Waals surface area (Å²) in [5.74, 6) is 0.437. The summed E-state index contributed by atoms with van der Waals surface area (Å²) in [4.78, 5) is 4.10. The molecule has 0 saturated carbocycles. The third kappa shape index (κ3) is 5.11. The van der Waals surface area contributed by atoms with Crippen molar-refractivity contribution in [1.82, 2.24) is 4.98 Å². The van der Waals surface area contributed by atoms with Gasteiger partial charge in [0.05, 0.1) is 31.4 Å². The second kappa shape index (κ2) is 7.63. The summed E-state index contributed by atoms with van der Waals surface area (Å²) < 4.78 is 10.6. The molecule has 0 N–H and O–H groups in total. The molecule has 1 rings (SSSR count). The van der Waals surface area contributed by atoms with Crippen LogP contribution in [0.4, 0.5) is 0 Å². The summed E-state index contributed by atoms with van der Waals surface area (Å²) in [7, 11) is 0. The lowest BCUT2D eigenvalue weighted by molar-refractivity contribution is 0.0452. The number of halogens is 1. The minimum atomic E-state index is 0.437. The first-order chi connectivity index (χ1) is 7.36. The van der Waals surface area contributed by atoms with E-state index in [2.05, 4.69) is 4.98 Å². The number of pyridine rings is 1. The number of hydrogen-bond acceptors (Lipinski definition) is 3. The van der Waals surface area contributed by atoms with Crippen LogP contribution in [0.3, 0.4) is 0 Å². The zero-order chi connectivity index (χ0) is 10.9. The third-order valence-corrected chi connectivity index (χ3v) is 2.14. The van der Waals surface area contributed by atoms with Crippen molar-refractivity contribution in [2.75, 3.05) is 19.8 Å². The summed E-state index contributed by atoms with van der Waals surface area (Å²) in [5.41, 5.74) is 1.97. The molecule has 0 aliphatic heterocycles. The van der Waals surface area contributed by atoms with Gasteiger partial charge in [-0.05, 0) is 24.6 Å². The summed E-state index contributed by atoms with van der Waals surface area (Å²) >= 11 is 5.68. The topological polar surface area (TPSA) is 31.4 Å². The van der Waals surface area contributed by atoms with Gasteiger partial charge in [0.25, 0.3) is 0 Å². The van der Waals surface area contributed by atoms with Crippen LogP contribution in [0.5, 0.6) is 0 Å². The van der Waals surface area contributed by atoms with E-state index >= 15 is 0 Å². The fourth-order valence-electron chi connectivity index (χ4n) is 1.14. The van der Waals surface area contributed by atoms with Gasteiger partial charge in [0.1, 0.15) is 0 Å². The van der Waals surface area contributed by atoms with Crippen LogP contribution in [0, 0.1) is 0 Å². The zero-order valence-corrected chi connectivity index (χ0v) is 9.67. The number of alkyl halides is 1. The van der Waals surface area contributed by atoms with Crippen molar-refractivity contribution in [2.24, 2.45) is 0 Å². The summed E-state index contributed by atoms with van der Waals surface area (Å²) in [6, 6.07) is 3.88.